The van der Waals surface area contributed by atoms with Crippen LogP contribution < -0.4 is 10.1 Å². The average molecular weight is 477 g/mol. The number of carbonyl (C=O) groups is 1. The summed E-state index contributed by atoms with van der Waals surface area (Å²) in [6.45, 7) is 2.76. The minimum atomic E-state index is -3.68. The molecule has 0 bridgehead atoms. The van der Waals surface area contributed by atoms with Gasteiger partial charge in [0.15, 0.2) is 11.3 Å². The second-order valence-corrected chi connectivity index (χ2v) is 10.2. The van der Waals surface area contributed by atoms with Crippen molar-refractivity contribution in [2.75, 3.05) is 25.5 Å². The third-order valence-electron chi connectivity index (χ3n) is 5.74. The summed E-state index contributed by atoms with van der Waals surface area (Å²) < 4.78 is 39.0. The van der Waals surface area contributed by atoms with E-state index in [0.717, 1.165) is 31.1 Å². The highest BCUT2D eigenvalue weighted by atomic mass is 35.5. The summed E-state index contributed by atoms with van der Waals surface area (Å²) in [6.07, 6.45) is 3.73. The number of halogens is 1. The average Bonchev–Trinajstić information content (AvgIpc) is 2.95. The largest absolute Gasteiger partial charge is 0.495 e. The van der Waals surface area contributed by atoms with Crippen molar-refractivity contribution in [1.29, 1.82) is 0 Å². The van der Waals surface area contributed by atoms with Gasteiger partial charge in [-0.3, -0.25) is 4.79 Å². The molecule has 1 aliphatic rings. The maximum Gasteiger partial charge on any atom is 0.291 e. The van der Waals surface area contributed by atoms with Gasteiger partial charge < -0.3 is 14.5 Å². The lowest BCUT2D eigenvalue weighted by atomic mass is 10.1. The number of hydrogen-bond donors (Lipinski definition) is 1. The molecule has 0 radical (unpaired) electrons. The summed E-state index contributed by atoms with van der Waals surface area (Å²) in [5, 5.41) is 3.90. The van der Waals surface area contributed by atoms with Crippen LogP contribution in [-0.2, 0) is 10.0 Å². The van der Waals surface area contributed by atoms with E-state index in [9.17, 15) is 13.2 Å². The molecule has 1 aromatic heterocycles. The molecule has 0 saturated carbocycles. The number of nitrogens with zero attached hydrogens (tertiary/aromatic N) is 1. The first kappa shape index (κ1) is 22.6. The SMILES string of the molecule is COc1ccc(S(=O)(=O)N2CCCCCC2)cc1NC(=O)c1oc2c(Cl)cccc2c1C. The van der Waals surface area contributed by atoms with Gasteiger partial charge >= 0.3 is 0 Å². The van der Waals surface area contributed by atoms with Gasteiger partial charge in [-0.25, -0.2) is 8.42 Å². The standard InChI is InChI=1S/C23H25ClN2O5S/c1-15-17-8-7-9-18(24)22(17)31-21(15)23(27)25-19-14-16(10-11-20(19)30-2)32(28,29)26-12-5-3-4-6-13-26/h7-11,14H,3-6,12-13H2,1-2H3,(H,25,27). The van der Waals surface area contributed by atoms with Crippen LogP contribution in [0.1, 0.15) is 41.8 Å². The van der Waals surface area contributed by atoms with E-state index in [1.54, 1.807) is 25.1 Å². The lowest BCUT2D eigenvalue weighted by molar-refractivity contribution is 0.0997. The van der Waals surface area contributed by atoms with Gasteiger partial charge in [0, 0.05) is 24.0 Å². The molecule has 1 N–H and O–H groups in total. The minimum absolute atomic E-state index is 0.107. The predicted octanol–water partition coefficient (Wildman–Crippen LogP) is 5.22. The van der Waals surface area contributed by atoms with Crippen LogP contribution in [-0.4, -0.2) is 38.8 Å². The van der Waals surface area contributed by atoms with Gasteiger partial charge in [-0.15, -0.1) is 0 Å². The number of anilines is 1. The monoisotopic (exact) mass is 476 g/mol. The second kappa shape index (κ2) is 9.13. The number of hydrogen-bond acceptors (Lipinski definition) is 5. The van der Waals surface area contributed by atoms with Gasteiger partial charge in [-0.1, -0.05) is 36.6 Å². The predicted molar refractivity (Wildman–Crippen MR) is 124 cm³/mol. The molecule has 3 aromatic rings. The van der Waals surface area contributed by atoms with Crippen molar-refractivity contribution in [3.05, 3.63) is 52.7 Å². The molecular weight excluding hydrogens is 452 g/mol. The van der Waals surface area contributed by atoms with E-state index in [1.807, 2.05) is 6.07 Å². The number of aryl methyl sites for hydroxylation is 1. The molecular formula is C23H25ClN2O5S. The smallest absolute Gasteiger partial charge is 0.291 e. The van der Waals surface area contributed by atoms with Crippen LogP contribution >= 0.6 is 11.6 Å². The minimum Gasteiger partial charge on any atom is -0.495 e. The van der Waals surface area contributed by atoms with E-state index in [2.05, 4.69) is 5.32 Å². The quantitative estimate of drug-likeness (QED) is 0.545. The Kier molecular flexibility index (Phi) is 6.46. The third kappa shape index (κ3) is 4.22. The second-order valence-electron chi connectivity index (χ2n) is 7.81. The summed E-state index contributed by atoms with van der Waals surface area (Å²) in [4.78, 5) is 13.1. The van der Waals surface area contributed by atoms with Gasteiger partial charge in [0.25, 0.3) is 5.91 Å². The fourth-order valence-electron chi connectivity index (χ4n) is 3.98. The Labute approximate surface area is 192 Å². The molecule has 7 nitrogen and oxygen atoms in total. The molecule has 170 valence electrons. The summed E-state index contributed by atoms with van der Waals surface area (Å²) in [6, 6.07) is 9.78. The molecule has 0 spiro atoms. The number of amides is 1. The highest BCUT2D eigenvalue weighted by Gasteiger charge is 2.27. The fraction of sp³-hybridized carbons (Fsp3) is 0.348. The molecule has 0 aliphatic carbocycles. The van der Waals surface area contributed by atoms with Crippen molar-refractivity contribution in [3.8, 4) is 5.75 Å². The number of nitrogens with one attached hydrogen (secondary N) is 1. The first-order valence-corrected chi connectivity index (χ1v) is 12.3. The van der Waals surface area contributed by atoms with Crippen molar-refractivity contribution < 1.29 is 22.4 Å². The topological polar surface area (TPSA) is 88.9 Å². The van der Waals surface area contributed by atoms with E-state index in [-0.39, 0.29) is 16.3 Å². The molecule has 1 aliphatic heterocycles. The Hall–Kier alpha value is -2.55. The molecule has 1 saturated heterocycles. The molecule has 1 fully saturated rings. The number of carbonyl (C=O) groups excluding carboxylic acids is 1. The van der Waals surface area contributed by atoms with E-state index < -0.39 is 15.9 Å². The fourth-order valence-corrected chi connectivity index (χ4v) is 5.74. The number of para-hydroxylation sites is 1. The number of rotatable bonds is 5. The van der Waals surface area contributed by atoms with Crippen LogP contribution in [0.15, 0.2) is 45.7 Å². The van der Waals surface area contributed by atoms with Crippen molar-refractivity contribution >= 4 is 44.2 Å². The van der Waals surface area contributed by atoms with Crippen molar-refractivity contribution in [2.24, 2.45) is 0 Å². The summed E-state index contributed by atoms with van der Waals surface area (Å²) in [5.74, 6) is -0.0618. The Morgan fingerprint density at radius 1 is 1.12 bits per heavy atom. The van der Waals surface area contributed by atoms with E-state index in [4.69, 9.17) is 20.8 Å². The van der Waals surface area contributed by atoms with E-state index in [1.165, 1.54) is 23.5 Å². The maximum atomic E-state index is 13.2. The maximum absolute atomic E-state index is 13.2. The third-order valence-corrected chi connectivity index (χ3v) is 7.94. The Morgan fingerprint density at radius 3 is 2.50 bits per heavy atom. The molecule has 32 heavy (non-hydrogen) atoms. The van der Waals surface area contributed by atoms with Crippen molar-refractivity contribution in [2.45, 2.75) is 37.5 Å². The summed E-state index contributed by atoms with van der Waals surface area (Å²) in [7, 11) is -2.22. The van der Waals surface area contributed by atoms with Crippen LogP contribution in [0.4, 0.5) is 5.69 Å². The molecule has 0 atom stereocenters. The van der Waals surface area contributed by atoms with Gasteiger partial charge in [-0.05, 0) is 44.0 Å². The van der Waals surface area contributed by atoms with Crippen molar-refractivity contribution in [3.63, 3.8) is 0 Å². The number of benzene rings is 2. The first-order valence-electron chi connectivity index (χ1n) is 10.5. The lowest BCUT2D eigenvalue weighted by Crippen LogP contribution is -2.32. The van der Waals surface area contributed by atoms with Crippen LogP contribution in [0, 0.1) is 6.92 Å². The number of ether oxygens (including phenoxy) is 1. The van der Waals surface area contributed by atoms with Crippen LogP contribution in [0.3, 0.4) is 0 Å². The Morgan fingerprint density at radius 2 is 1.84 bits per heavy atom. The van der Waals surface area contributed by atoms with Gasteiger partial charge in [0.1, 0.15) is 5.75 Å². The Bertz CT molecular complexity index is 1260. The molecule has 2 heterocycles. The zero-order valence-corrected chi connectivity index (χ0v) is 19.6. The Balaban J connectivity index is 1.67. The lowest BCUT2D eigenvalue weighted by Gasteiger charge is -2.21. The number of sulfonamides is 1. The van der Waals surface area contributed by atoms with Gasteiger partial charge in [-0.2, -0.15) is 4.31 Å². The molecule has 1 amide bonds. The zero-order chi connectivity index (χ0) is 22.9. The number of methoxy groups -OCH3 is 1. The zero-order valence-electron chi connectivity index (χ0n) is 18.0. The highest BCUT2D eigenvalue weighted by molar-refractivity contribution is 7.89. The first-order chi connectivity index (χ1) is 15.3. The highest BCUT2D eigenvalue weighted by Crippen LogP contribution is 2.33. The molecule has 2 aromatic carbocycles. The van der Waals surface area contributed by atoms with Crippen LogP contribution in [0.25, 0.3) is 11.0 Å². The normalized spacial score (nSPS) is 15.5. The van der Waals surface area contributed by atoms with Gasteiger partial charge in [0.05, 0.1) is 22.7 Å². The summed E-state index contributed by atoms with van der Waals surface area (Å²) >= 11 is 6.19. The van der Waals surface area contributed by atoms with Crippen LogP contribution in [0.5, 0.6) is 5.75 Å². The van der Waals surface area contributed by atoms with Gasteiger partial charge in [0.2, 0.25) is 10.0 Å². The van der Waals surface area contributed by atoms with E-state index >= 15 is 0 Å². The molecule has 9 heteroatoms. The number of fused-ring (bicyclic) bond motifs is 1. The number of furan rings is 1. The van der Waals surface area contributed by atoms with Crippen molar-refractivity contribution in [1.82, 2.24) is 4.31 Å². The van der Waals surface area contributed by atoms with E-state index in [0.29, 0.717) is 35.0 Å². The molecule has 4 rings (SSSR count). The van der Waals surface area contributed by atoms with Crippen LogP contribution in [0.2, 0.25) is 5.02 Å². The molecule has 0 unspecified atom stereocenters. The summed E-state index contributed by atoms with van der Waals surface area (Å²) in [5.41, 5.74) is 1.33.